The van der Waals surface area contributed by atoms with E-state index in [-0.39, 0.29) is 6.61 Å². The fourth-order valence-corrected chi connectivity index (χ4v) is 2.50. The Balaban J connectivity index is 3.05. The highest BCUT2D eigenvalue weighted by Crippen LogP contribution is 2.20. The van der Waals surface area contributed by atoms with Crippen LogP contribution in [0, 0.1) is 0 Å². The highest BCUT2D eigenvalue weighted by molar-refractivity contribution is 5.86. The van der Waals surface area contributed by atoms with Gasteiger partial charge in [-0.2, -0.15) is 0 Å². The Morgan fingerprint density at radius 1 is 1.38 bits per heavy atom. The Morgan fingerprint density at radius 2 is 2.08 bits per heavy atom. The number of methoxy groups -OCH3 is 1. The summed E-state index contributed by atoms with van der Waals surface area (Å²) in [5.41, 5.74) is 3.39. The van der Waals surface area contributed by atoms with Gasteiger partial charge in [0.25, 0.3) is 0 Å². The lowest BCUT2D eigenvalue weighted by Gasteiger charge is -2.23. The summed E-state index contributed by atoms with van der Waals surface area (Å²) in [6.07, 6.45) is 1.86. The van der Waals surface area contributed by atoms with Crippen LogP contribution in [0.25, 0.3) is 0 Å². The van der Waals surface area contributed by atoms with Crippen molar-refractivity contribution in [1.82, 2.24) is 10.2 Å². The van der Waals surface area contributed by atoms with Crippen molar-refractivity contribution >= 4 is 12.1 Å². The number of benzene rings is 1. The second-order valence-electron chi connectivity index (χ2n) is 6.02. The van der Waals surface area contributed by atoms with Crippen LogP contribution in [0.15, 0.2) is 52.9 Å². The van der Waals surface area contributed by atoms with Gasteiger partial charge < -0.3 is 20.1 Å². The zero-order valence-corrected chi connectivity index (χ0v) is 16.1. The van der Waals surface area contributed by atoms with E-state index in [9.17, 15) is 4.79 Å². The predicted octanol–water partition coefficient (Wildman–Crippen LogP) is 2.50. The number of carbonyl (C=O) groups is 1. The standard InChI is InChI=1S/C20H29N3O3/c1-15(13-18-9-6-7-10-19(18)26-5)22-20(21-14-25)16(2)17(3)23(4)11-8-12-24/h6-7,9-10,14,24H,3,8,11-13H2,1-2,4-5H3,(H,21,25)/b20-16+,22-15+. The summed E-state index contributed by atoms with van der Waals surface area (Å²) < 4.78 is 5.37. The van der Waals surface area contributed by atoms with E-state index in [1.54, 1.807) is 7.11 Å². The first kappa shape index (κ1) is 21.4. The van der Waals surface area contributed by atoms with Gasteiger partial charge >= 0.3 is 0 Å². The molecule has 0 radical (unpaired) electrons. The predicted molar refractivity (Wildman–Crippen MR) is 105 cm³/mol. The van der Waals surface area contributed by atoms with Gasteiger partial charge in [0, 0.05) is 43.6 Å². The Bertz CT molecular complexity index is 681. The van der Waals surface area contributed by atoms with Crippen LogP contribution in [0.2, 0.25) is 0 Å². The summed E-state index contributed by atoms with van der Waals surface area (Å²) in [4.78, 5) is 17.5. The number of hydrogen-bond donors (Lipinski definition) is 2. The molecule has 0 heterocycles. The fraction of sp³-hybridized carbons (Fsp3) is 0.400. The average molecular weight is 359 g/mol. The van der Waals surface area contributed by atoms with Crippen molar-refractivity contribution in [3.05, 3.63) is 53.5 Å². The van der Waals surface area contributed by atoms with Gasteiger partial charge in [-0.1, -0.05) is 24.8 Å². The number of hydrogen-bond acceptors (Lipinski definition) is 5. The zero-order valence-electron chi connectivity index (χ0n) is 16.1. The summed E-state index contributed by atoms with van der Waals surface area (Å²) >= 11 is 0. The summed E-state index contributed by atoms with van der Waals surface area (Å²) in [5, 5.41) is 11.6. The molecule has 1 rings (SSSR count). The van der Waals surface area contributed by atoms with Gasteiger partial charge in [-0.05, 0) is 31.9 Å². The van der Waals surface area contributed by atoms with Gasteiger partial charge in [0.05, 0.1) is 7.11 Å². The van der Waals surface area contributed by atoms with E-state index in [1.165, 1.54) is 0 Å². The molecule has 0 aliphatic carbocycles. The quantitative estimate of drug-likeness (QED) is 0.362. The third-order valence-electron chi connectivity index (χ3n) is 4.04. The number of aliphatic imine (C=N–C) groups is 1. The lowest BCUT2D eigenvalue weighted by atomic mass is 10.1. The molecule has 0 fully saturated rings. The molecule has 1 aromatic rings. The Kier molecular flexibility index (Phi) is 9.15. The maximum absolute atomic E-state index is 11.0. The summed E-state index contributed by atoms with van der Waals surface area (Å²) in [7, 11) is 3.53. The van der Waals surface area contributed by atoms with Gasteiger partial charge in [-0.25, -0.2) is 4.99 Å². The van der Waals surface area contributed by atoms with Crippen molar-refractivity contribution in [2.24, 2.45) is 4.99 Å². The smallest absolute Gasteiger partial charge is 0.212 e. The normalized spacial score (nSPS) is 12.3. The molecule has 6 heteroatoms. The minimum atomic E-state index is 0.121. The lowest BCUT2D eigenvalue weighted by Crippen LogP contribution is -2.22. The van der Waals surface area contributed by atoms with Crippen molar-refractivity contribution in [2.45, 2.75) is 26.7 Å². The molecule has 0 saturated heterocycles. The number of aliphatic hydroxyl groups excluding tert-OH is 1. The second-order valence-corrected chi connectivity index (χ2v) is 6.02. The minimum Gasteiger partial charge on any atom is -0.496 e. The molecule has 0 spiro atoms. The topological polar surface area (TPSA) is 74.2 Å². The molecule has 1 aromatic carbocycles. The number of aliphatic hydroxyl groups is 1. The summed E-state index contributed by atoms with van der Waals surface area (Å²) in [6, 6.07) is 7.77. The first-order valence-corrected chi connectivity index (χ1v) is 8.53. The van der Waals surface area contributed by atoms with E-state index < -0.39 is 0 Å². The molecule has 0 bridgehead atoms. The van der Waals surface area contributed by atoms with Crippen molar-refractivity contribution < 1.29 is 14.6 Å². The molecule has 0 atom stereocenters. The van der Waals surface area contributed by atoms with Crippen LogP contribution in [0.1, 0.15) is 25.8 Å². The number of rotatable bonds is 11. The van der Waals surface area contributed by atoms with Gasteiger partial charge in [0.1, 0.15) is 11.6 Å². The van der Waals surface area contributed by atoms with Gasteiger partial charge in [-0.15, -0.1) is 0 Å². The SMILES string of the molecule is C=C(/C(C)=C(/N=C(\C)Cc1ccccc1OC)NC=O)N(C)CCCO. The Labute approximate surface area is 155 Å². The van der Waals surface area contributed by atoms with Crippen LogP contribution in [-0.2, 0) is 11.2 Å². The maximum Gasteiger partial charge on any atom is 0.212 e. The summed E-state index contributed by atoms with van der Waals surface area (Å²) in [6.45, 7) is 8.63. The van der Waals surface area contributed by atoms with Gasteiger partial charge in [0.15, 0.2) is 0 Å². The second kappa shape index (κ2) is 11.1. The molecule has 0 aromatic heterocycles. The average Bonchev–Trinajstić information content (AvgIpc) is 2.64. The molecule has 142 valence electrons. The monoisotopic (exact) mass is 359 g/mol. The van der Waals surface area contributed by atoms with Crippen LogP contribution >= 0.6 is 0 Å². The molecule has 2 N–H and O–H groups in total. The van der Waals surface area contributed by atoms with E-state index in [0.29, 0.717) is 31.6 Å². The molecule has 0 aliphatic heterocycles. The fourth-order valence-electron chi connectivity index (χ4n) is 2.50. The number of nitrogens with one attached hydrogen (secondary N) is 1. The largest absolute Gasteiger partial charge is 0.496 e. The first-order chi connectivity index (χ1) is 12.4. The van der Waals surface area contributed by atoms with Crippen LogP contribution < -0.4 is 10.1 Å². The molecular formula is C20H29N3O3. The van der Waals surface area contributed by atoms with Crippen molar-refractivity contribution in [1.29, 1.82) is 0 Å². The molecule has 0 unspecified atom stereocenters. The third kappa shape index (κ3) is 6.37. The Morgan fingerprint density at radius 3 is 2.69 bits per heavy atom. The van der Waals surface area contributed by atoms with Crippen molar-refractivity contribution in [2.75, 3.05) is 27.3 Å². The highest BCUT2D eigenvalue weighted by atomic mass is 16.5. The molecular weight excluding hydrogens is 330 g/mol. The van der Waals surface area contributed by atoms with E-state index in [4.69, 9.17) is 9.84 Å². The van der Waals surface area contributed by atoms with Gasteiger partial charge in [0.2, 0.25) is 6.41 Å². The van der Waals surface area contributed by atoms with Crippen molar-refractivity contribution in [3.63, 3.8) is 0 Å². The number of ether oxygens (including phenoxy) is 1. The number of nitrogens with zero attached hydrogens (tertiary/aromatic N) is 2. The molecule has 0 aliphatic rings. The highest BCUT2D eigenvalue weighted by Gasteiger charge is 2.10. The molecule has 26 heavy (non-hydrogen) atoms. The van der Waals surface area contributed by atoms with Crippen molar-refractivity contribution in [3.8, 4) is 5.75 Å². The summed E-state index contributed by atoms with van der Waals surface area (Å²) in [5.74, 6) is 1.27. The van der Waals surface area contributed by atoms with E-state index in [2.05, 4.69) is 16.9 Å². The number of para-hydroxylation sites is 1. The third-order valence-corrected chi connectivity index (χ3v) is 4.04. The van der Waals surface area contributed by atoms with Crippen LogP contribution in [0.5, 0.6) is 5.75 Å². The van der Waals surface area contributed by atoms with E-state index >= 15 is 0 Å². The first-order valence-electron chi connectivity index (χ1n) is 8.53. The van der Waals surface area contributed by atoms with Crippen LogP contribution in [0.3, 0.4) is 0 Å². The zero-order chi connectivity index (χ0) is 19.5. The molecule has 6 nitrogen and oxygen atoms in total. The Hall–Kier alpha value is -2.60. The van der Waals surface area contributed by atoms with Gasteiger partial charge in [-0.3, -0.25) is 4.79 Å². The lowest BCUT2D eigenvalue weighted by molar-refractivity contribution is -0.108. The van der Waals surface area contributed by atoms with E-state index in [1.807, 2.05) is 50.1 Å². The maximum atomic E-state index is 11.0. The van der Waals surface area contributed by atoms with E-state index in [0.717, 1.165) is 28.3 Å². The molecule has 1 amide bonds. The van der Waals surface area contributed by atoms with Crippen LogP contribution in [0.4, 0.5) is 0 Å². The number of likely N-dealkylation sites (N-methyl/N-ethyl adjacent to an activating group) is 1. The number of allylic oxidation sites excluding steroid dienone is 1. The molecule has 0 saturated carbocycles. The number of amides is 1. The minimum absolute atomic E-state index is 0.121. The van der Waals surface area contributed by atoms with Crippen LogP contribution in [-0.4, -0.2) is 49.4 Å². The number of carbonyl (C=O) groups excluding carboxylic acids is 1.